The van der Waals surface area contributed by atoms with Crippen LogP contribution < -0.4 is 0 Å². The molecule has 1 aromatic rings. The molecule has 0 unspecified atom stereocenters. The molecule has 28 heavy (non-hydrogen) atoms. The van der Waals surface area contributed by atoms with Gasteiger partial charge in [-0.2, -0.15) is 0 Å². The molecule has 0 spiro atoms. The molecule has 152 valence electrons. The summed E-state index contributed by atoms with van der Waals surface area (Å²) >= 11 is 0. The van der Waals surface area contributed by atoms with Gasteiger partial charge < -0.3 is 9.80 Å². The lowest BCUT2D eigenvalue weighted by atomic mass is 9.89. The predicted octanol–water partition coefficient (Wildman–Crippen LogP) is 4.59. The summed E-state index contributed by atoms with van der Waals surface area (Å²) in [4.78, 5) is 30.6. The first-order valence-electron chi connectivity index (χ1n) is 11.0. The zero-order valence-corrected chi connectivity index (χ0v) is 16.6. The average molecular weight is 387 g/mol. The molecule has 0 bridgehead atoms. The second-order valence-electron chi connectivity index (χ2n) is 8.66. The first kappa shape index (κ1) is 19.4. The van der Waals surface area contributed by atoms with Crippen LogP contribution in [0.4, 0.5) is 4.39 Å². The molecule has 2 saturated carbocycles. The third kappa shape index (κ3) is 3.94. The zero-order chi connectivity index (χ0) is 19.5. The van der Waals surface area contributed by atoms with Crippen LogP contribution >= 0.6 is 0 Å². The van der Waals surface area contributed by atoms with Crippen molar-refractivity contribution in [2.24, 2.45) is 0 Å². The maximum atomic E-state index is 13.7. The van der Waals surface area contributed by atoms with Gasteiger partial charge in [0.15, 0.2) is 0 Å². The second-order valence-corrected chi connectivity index (χ2v) is 8.66. The van der Waals surface area contributed by atoms with Crippen LogP contribution in [-0.2, 0) is 9.59 Å². The largest absolute Gasteiger partial charge is 0.328 e. The van der Waals surface area contributed by atoms with Crippen LogP contribution in [0.25, 0.3) is 0 Å². The van der Waals surface area contributed by atoms with Gasteiger partial charge in [0.1, 0.15) is 18.4 Å². The van der Waals surface area contributed by atoms with Gasteiger partial charge in [0.05, 0.1) is 0 Å². The molecule has 3 aliphatic rings. The van der Waals surface area contributed by atoms with Gasteiger partial charge in [-0.15, -0.1) is 0 Å². The highest BCUT2D eigenvalue weighted by Gasteiger charge is 2.45. The fourth-order valence-corrected chi connectivity index (χ4v) is 5.33. The summed E-state index contributed by atoms with van der Waals surface area (Å²) in [5.74, 6) is -0.225. The van der Waals surface area contributed by atoms with Gasteiger partial charge in [-0.25, -0.2) is 4.39 Å². The maximum Gasteiger partial charge on any atom is 0.250 e. The highest BCUT2D eigenvalue weighted by atomic mass is 19.1. The van der Waals surface area contributed by atoms with Gasteiger partial charge in [0, 0.05) is 12.1 Å². The topological polar surface area (TPSA) is 40.6 Å². The van der Waals surface area contributed by atoms with Crippen molar-refractivity contribution in [3.63, 3.8) is 0 Å². The summed E-state index contributed by atoms with van der Waals surface area (Å²) in [6.07, 6.45) is 12.0. The normalized spacial score (nSPS) is 25.8. The molecule has 1 aromatic carbocycles. The number of hydrogen-bond acceptors (Lipinski definition) is 2. The molecule has 0 aromatic heterocycles. The Labute approximate surface area is 167 Å². The van der Waals surface area contributed by atoms with E-state index >= 15 is 0 Å². The van der Waals surface area contributed by atoms with Gasteiger partial charge >= 0.3 is 0 Å². The van der Waals surface area contributed by atoms with E-state index in [1.165, 1.54) is 31.4 Å². The smallest absolute Gasteiger partial charge is 0.250 e. The van der Waals surface area contributed by atoms with Crippen LogP contribution in [0, 0.1) is 5.82 Å². The zero-order valence-electron chi connectivity index (χ0n) is 16.6. The molecule has 5 heteroatoms. The van der Waals surface area contributed by atoms with Crippen LogP contribution in [0.1, 0.15) is 82.2 Å². The van der Waals surface area contributed by atoms with Crippen molar-refractivity contribution in [2.75, 3.05) is 6.54 Å². The Morgan fingerprint density at radius 3 is 1.89 bits per heavy atom. The van der Waals surface area contributed by atoms with Crippen molar-refractivity contribution >= 4 is 11.8 Å². The van der Waals surface area contributed by atoms with E-state index in [0.717, 1.165) is 56.9 Å². The Balaban J connectivity index is 1.66. The monoisotopic (exact) mass is 386 g/mol. The third-order valence-corrected chi connectivity index (χ3v) is 6.81. The Morgan fingerprint density at radius 2 is 1.29 bits per heavy atom. The lowest BCUT2D eigenvalue weighted by Crippen LogP contribution is -2.60. The Hall–Kier alpha value is -1.91. The molecule has 4 nitrogen and oxygen atoms in total. The molecule has 0 radical (unpaired) electrons. The number of halogens is 1. The van der Waals surface area contributed by atoms with E-state index in [2.05, 4.69) is 0 Å². The number of rotatable bonds is 3. The lowest BCUT2D eigenvalue weighted by molar-refractivity contribution is -0.162. The average Bonchev–Trinajstić information content (AvgIpc) is 3.00. The lowest BCUT2D eigenvalue weighted by Gasteiger charge is -2.47. The van der Waals surface area contributed by atoms with Crippen molar-refractivity contribution in [3.05, 3.63) is 35.6 Å². The van der Waals surface area contributed by atoms with E-state index in [9.17, 15) is 14.0 Å². The number of nitrogens with zero attached hydrogens (tertiary/aromatic N) is 2. The van der Waals surface area contributed by atoms with Gasteiger partial charge in [0.25, 0.3) is 5.91 Å². The van der Waals surface area contributed by atoms with Crippen LogP contribution in [0.3, 0.4) is 0 Å². The second kappa shape index (κ2) is 8.62. The quantitative estimate of drug-likeness (QED) is 0.713. The first-order valence-corrected chi connectivity index (χ1v) is 11.0. The summed E-state index contributed by atoms with van der Waals surface area (Å²) in [5.41, 5.74) is 0.739. The van der Waals surface area contributed by atoms with Crippen LogP contribution in [0.2, 0.25) is 0 Å². The van der Waals surface area contributed by atoms with Crippen LogP contribution in [0.15, 0.2) is 24.3 Å². The molecular formula is C23H31FN2O2. The number of carbonyl (C=O) groups is 2. The van der Waals surface area contributed by atoms with Crippen molar-refractivity contribution in [1.82, 2.24) is 9.80 Å². The SMILES string of the molecule is O=C1[C@@H](c2ccc(F)cc2)N(C2CCCCC2)C(=O)CN1C1CCCCCC1. The Morgan fingerprint density at radius 1 is 0.750 bits per heavy atom. The summed E-state index contributed by atoms with van der Waals surface area (Å²) in [6, 6.07) is 5.84. The summed E-state index contributed by atoms with van der Waals surface area (Å²) in [7, 11) is 0. The minimum Gasteiger partial charge on any atom is -0.328 e. The molecule has 1 atom stereocenters. The maximum absolute atomic E-state index is 13.7. The number of hydrogen-bond donors (Lipinski definition) is 0. The molecule has 3 fully saturated rings. The standard InChI is InChI=1S/C23H31FN2O2/c24-18-14-12-17(13-15-18)22-23(28)25(19-8-4-1-2-5-9-19)16-21(27)26(22)20-10-6-3-7-11-20/h12-15,19-20,22H,1-11,16H2/t22-/m1/s1. The number of amides is 2. The minimum atomic E-state index is -0.604. The predicted molar refractivity (Wildman–Crippen MR) is 106 cm³/mol. The van der Waals surface area contributed by atoms with Gasteiger partial charge in [-0.1, -0.05) is 57.1 Å². The molecule has 1 saturated heterocycles. The number of carbonyl (C=O) groups excluding carboxylic acids is 2. The van der Waals surface area contributed by atoms with E-state index in [-0.39, 0.29) is 36.3 Å². The Bertz CT molecular complexity index is 691. The minimum absolute atomic E-state index is 0.0312. The molecule has 2 aliphatic carbocycles. The summed E-state index contributed by atoms with van der Waals surface area (Å²) in [6.45, 7) is 0.206. The van der Waals surface area contributed by atoms with Crippen molar-refractivity contribution < 1.29 is 14.0 Å². The Kier molecular flexibility index (Phi) is 5.98. The van der Waals surface area contributed by atoms with Crippen LogP contribution in [-0.4, -0.2) is 40.2 Å². The highest BCUT2D eigenvalue weighted by molar-refractivity contribution is 5.96. The molecule has 1 aliphatic heterocycles. The molecule has 2 amide bonds. The number of benzene rings is 1. The third-order valence-electron chi connectivity index (χ3n) is 6.81. The molecular weight excluding hydrogens is 355 g/mol. The van der Waals surface area contributed by atoms with E-state index < -0.39 is 6.04 Å². The fourth-order valence-electron chi connectivity index (χ4n) is 5.33. The van der Waals surface area contributed by atoms with Crippen LogP contribution in [0.5, 0.6) is 0 Å². The molecule has 1 heterocycles. The van der Waals surface area contributed by atoms with E-state index in [1.807, 2.05) is 9.80 Å². The molecule has 4 rings (SSSR count). The highest BCUT2D eigenvalue weighted by Crippen LogP contribution is 2.36. The van der Waals surface area contributed by atoms with Crippen molar-refractivity contribution in [3.8, 4) is 0 Å². The van der Waals surface area contributed by atoms with Gasteiger partial charge in [-0.05, 0) is 43.4 Å². The number of piperazine rings is 1. The van der Waals surface area contributed by atoms with Gasteiger partial charge in [-0.3, -0.25) is 9.59 Å². The summed E-state index contributed by atoms with van der Waals surface area (Å²) < 4.78 is 13.5. The van der Waals surface area contributed by atoms with Crippen molar-refractivity contribution in [1.29, 1.82) is 0 Å². The van der Waals surface area contributed by atoms with E-state index in [4.69, 9.17) is 0 Å². The first-order chi connectivity index (χ1) is 13.6. The molecule has 0 N–H and O–H groups in total. The summed E-state index contributed by atoms with van der Waals surface area (Å²) in [5, 5.41) is 0. The van der Waals surface area contributed by atoms with E-state index in [1.54, 1.807) is 12.1 Å². The van der Waals surface area contributed by atoms with Gasteiger partial charge in [0.2, 0.25) is 5.91 Å². The van der Waals surface area contributed by atoms with E-state index in [0.29, 0.717) is 0 Å². The fraction of sp³-hybridized carbons (Fsp3) is 0.652. The van der Waals surface area contributed by atoms with Crippen molar-refractivity contribution in [2.45, 2.75) is 88.8 Å².